The molecule has 0 aliphatic heterocycles. The number of hydrogen-bond donors (Lipinski definition) is 2. The van der Waals surface area contributed by atoms with Crippen molar-refractivity contribution in [1.29, 1.82) is 0 Å². The van der Waals surface area contributed by atoms with Crippen LogP contribution in [0.2, 0.25) is 0 Å². The highest BCUT2D eigenvalue weighted by Crippen LogP contribution is 2.11. The zero-order chi connectivity index (χ0) is 16.5. The fourth-order valence-corrected chi connectivity index (χ4v) is 1.70. The molecule has 1 rings (SSSR count). The molecule has 6 nitrogen and oxygen atoms in total. The van der Waals surface area contributed by atoms with Crippen LogP contribution in [0.4, 0.5) is 5.69 Å². The van der Waals surface area contributed by atoms with Crippen LogP contribution in [0.3, 0.4) is 0 Å². The fourth-order valence-electron chi connectivity index (χ4n) is 1.70. The Labute approximate surface area is 130 Å². The summed E-state index contributed by atoms with van der Waals surface area (Å²) < 4.78 is 4.70. The van der Waals surface area contributed by atoms with Gasteiger partial charge in [-0.3, -0.25) is 14.4 Å². The molecule has 0 fully saturated rings. The van der Waals surface area contributed by atoms with Gasteiger partial charge >= 0.3 is 5.97 Å². The van der Waals surface area contributed by atoms with Gasteiger partial charge in [0.2, 0.25) is 5.91 Å². The zero-order valence-electron chi connectivity index (χ0n) is 13.1. The summed E-state index contributed by atoms with van der Waals surface area (Å²) in [6.45, 7) is 5.81. The van der Waals surface area contributed by atoms with Gasteiger partial charge in [-0.25, -0.2) is 0 Å². The van der Waals surface area contributed by atoms with Crippen molar-refractivity contribution >= 4 is 23.5 Å². The molecule has 22 heavy (non-hydrogen) atoms. The van der Waals surface area contributed by atoms with Crippen LogP contribution >= 0.6 is 0 Å². The third-order valence-corrected chi connectivity index (χ3v) is 3.01. The molecule has 0 saturated heterocycles. The van der Waals surface area contributed by atoms with Crippen LogP contribution in [0.15, 0.2) is 24.3 Å². The Bertz CT molecular complexity index is 543. The Kier molecular flexibility index (Phi) is 7.08. The van der Waals surface area contributed by atoms with Gasteiger partial charge in [-0.05, 0) is 38.5 Å². The Morgan fingerprint density at radius 1 is 1.23 bits per heavy atom. The molecule has 0 bridgehead atoms. The van der Waals surface area contributed by atoms with Crippen molar-refractivity contribution in [3.05, 3.63) is 29.8 Å². The van der Waals surface area contributed by atoms with Crippen LogP contribution in [0.5, 0.6) is 0 Å². The molecule has 0 radical (unpaired) electrons. The van der Waals surface area contributed by atoms with Gasteiger partial charge in [-0.15, -0.1) is 0 Å². The first-order chi connectivity index (χ1) is 10.5. The van der Waals surface area contributed by atoms with E-state index in [4.69, 9.17) is 4.74 Å². The normalized spacial score (nSPS) is 11.4. The molecule has 1 atom stereocenters. The monoisotopic (exact) mass is 306 g/mol. The molecule has 1 unspecified atom stereocenters. The van der Waals surface area contributed by atoms with E-state index in [0.717, 1.165) is 6.42 Å². The first-order valence-electron chi connectivity index (χ1n) is 7.32. The third-order valence-electron chi connectivity index (χ3n) is 3.01. The summed E-state index contributed by atoms with van der Waals surface area (Å²) in [6, 6.07) is 6.64. The zero-order valence-corrected chi connectivity index (χ0v) is 13.1. The van der Waals surface area contributed by atoms with Crippen molar-refractivity contribution in [2.45, 2.75) is 39.7 Å². The summed E-state index contributed by atoms with van der Waals surface area (Å²) in [5.74, 6) is -1.25. The SMILES string of the molecule is CCOC(=O)CC(=O)Nc1cccc(C(=O)NC(C)CC)c1. The molecule has 1 aromatic carbocycles. The van der Waals surface area contributed by atoms with Gasteiger partial charge in [0.15, 0.2) is 0 Å². The van der Waals surface area contributed by atoms with Crippen LogP contribution in [0, 0.1) is 0 Å². The molecule has 2 N–H and O–H groups in total. The minimum atomic E-state index is -0.578. The van der Waals surface area contributed by atoms with Gasteiger partial charge in [0, 0.05) is 17.3 Å². The smallest absolute Gasteiger partial charge is 0.315 e. The van der Waals surface area contributed by atoms with Crippen molar-refractivity contribution in [2.75, 3.05) is 11.9 Å². The second-order valence-corrected chi connectivity index (χ2v) is 4.89. The lowest BCUT2D eigenvalue weighted by atomic mass is 10.1. The highest BCUT2D eigenvalue weighted by molar-refractivity contribution is 6.02. The van der Waals surface area contributed by atoms with Crippen molar-refractivity contribution in [3.63, 3.8) is 0 Å². The molecule has 2 amide bonds. The maximum Gasteiger partial charge on any atom is 0.315 e. The lowest BCUT2D eigenvalue weighted by Crippen LogP contribution is -2.31. The summed E-state index contributed by atoms with van der Waals surface area (Å²) in [5, 5.41) is 5.42. The van der Waals surface area contributed by atoms with Crippen LogP contribution in [-0.2, 0) is 14.3 Å². The Morgan fingerprint density at radius 3 is 2.59 bits per heavy atom. The summed E-state index contributed by atoms with van der Waals surface area (Å²) >= 11 is 0. The van der Waals surface area contributed by atoms with Gasteiger partial charge in [0.05, 0.1) is 6.61 Å². The first kappa shape index (κ1) is 17.7. The van der Waals surface area contributed by atoms with E-state index in [-0.39, 0.29) is 25.0 Å². The quantitative estimate of drug-likeness (QED) is 0.597. The van der Waals surface area contributed by atoms with E-state index in [1.54, 1.807) is 31.2 Å². The Balaban J connectivity index is 2.66. The second kappa shape index (κ2) is 8.81. The van der Waals surface area contributed by atoms with Crippen LogP contribution in [-0.4, -0.2) is 30.4 Å². The van der Waals surface area contributed by atoms with E-state index in [1.807, 2.05) is 13.8 Å². The number of hydrogen-bond acceptors (Lipinski definition) is 4. The standard InChI is InChI=1S/C16H22N2O4/c1-4-11(3)17-16(21)12-7-6-8-13(9-12)18-14(19)10-15(20)22-5-2/h6-9,11H,4-5,10H2,1-3H3,(H,17,21)(H,18,19). The first-order valence-corrected chi connectivity index (χ1v) is 7.32. The summed E-state index contributed by atoms with van der Waals surface area (Å²) in [6.07, 6.45) is 0.485. The largest absolute Gasteiger partial charge is 0.466 e. The second-order valence-electron chi connectivity index (χ2n) is 4.89. The van der Waals surface area contributed by atoms with Gasteiger partial charge in [0.1, 0.15) is 6.42 Å². The molecule has 0 spiro atoms. The minimum absolute atomic E-state index is 0.0783. The van der Waals surface area contributed by atoms with Gasteiger partial charge in [0.25, 0.3) is 5.91 Å². The minimum Gasteiger partial charge on any atom is -0.466 e. The van der Waals surface area contributed by atoms with Crippen molar-refractivity contribution in [3.8, 4) is 0 Å². The molecular weight excluding hydrogens is 284 g/mol. The number of amides is 2. The van der Waals surface area contributed by atoms with Crippen molar-refractivity contribution < 1.29 is 19.1 Å². The number of carbonyl (C=O) groups is 3. The molecule has 0 aromatic heterocycles. The lowest BCUT2D eigenvalue weighted by Gasteiger charge is -2.12. The predicted octanol–water partition coefficient (Wildman–Crippen LogP) is 2.11. The van der Waals surface area contributed by atoms with Crippen LogP contribution < -0.4 is 10.6 Å². The number of ether oxygens (including phenoxy) is 1. The van der Waals surface area contributed by atoms with Gasteiger partial charge in [-0.1, -0.05) is 13.0 Å². The van der Waals surface area contributed by atoms with E-state index < -0.39 is 11.9 Å². The van der Waals surface area contributed by atoms with Gasteiger partial charge < -0.3 is 15.4 Å². The number of nitrogens with one attached hydrogen (secondary N) is 2. The summed E-state index contributed by atoms with van der Waals surface area (Å²) in [7, 11) is 0. The number of rotatable bonds is 7. The molecule has 1 aromatic rings. The topological polar surface area (TPSA) is 84.5 Å². The lowest BCUT2D eigenvalue weighted by molar-refractivity contribution is -0.145. The summed E-state index contributed by atoms with van der Waals surface area (Å²) in [5.41, 5.74) is 0.917. The van der Waals surface area contributed by atoms with Crippen LogP contribution in [0.25, 0.3) is 0 Å². The average molecular weight is 306 g/mol. The molecule has 0 heterocycles. The van der Waals surface area contributed by atoms with Crippen molar-refractivity contribution in [2.24, 2.45) is 0 Å². The van der Waals surface area contributed by atoms with Crippen molar-refractivity contribution in [1.82, 2.24) is 5.32 Å². The maximum absolute atomic E-state index is 12.0. The number of carbonyl (C=O) groups excluding carboxylic acids is 3. The highest BCUT2D eigenvalue weighted by atomic mass is 16.5. The number of benzene rings is 1. The van der Waals surface area contributed by atoms with Crippen LogP contribution in [0.1, 0.15) is 44.0 Å². The molecule has 120 valence electrons. The number of anilines is 1. The third kappa shape index (κ3) is 5.95. The summed E-state index contributed by atoms with van der Waals surface area (Å²) in [4.78, 5) is 34.9. The van der Waals surface area contributed by atoms with E-state index >= 15 is 0 Å². The average Bonchev–Trinajstić information content (AvgIpc) is 2.47. The Hall–Kier alpha value is -2.37. The predicted molar refractivity (Wildman–Crippen MR) is 83.5 cm³/mol. The fraction of sp³-hybridized carbons (Fsp3) is 0.438. The highest BCUT2D eigenvalue weighted by Gasteiger charge is 2.12. The maximum atomic E-state index is 12.0. The molecule has 6 heteroatoms. The van der Waals surface area contributed by atoms with E-state index in [9.17, 15) is 14.4 Å². The van der Waals surface area contributed by atoms with E-state index in [0.29, 0.717) is 11.3 Å². The Morgan fingerprint density at radius 2 is 1.95 bits per heavy atom. The molecule has 0 aliphatic carbocycles. The molecule has 0 aliphatic rings. The van der Waals surface area contributed by atoms with Gasteiger partial charge in [-0.2, -0.15) is 0 Å². The van der Waals surface area contributed by atoms with E-state index in [1.165, 1.54) is 0 Å². The molecular formula is C16H22N2O4. The molecule has 0 saturated carbocycles. The van der Waals surface area contributed by atoms with E-state index in [2.05, 4.69) is 10.6 Å². The number of esters is 1.